The molecule has 0 aliphatic rings. The summed E-state index contributed by atoms with van der Waals surface area (Å²) >= 11 is 0. The number of hydrogen-bond donors (Lipinski definition) is 0. The average Bonchev–Trinajstić information content (AvgIpc) is 2.27. The normalized spacial score (nSPS) is 11.5. The van der Waals surface area contributed by atoms with Gasteiger partial charge in [0.1, 0.15) is 0 Å². The molecular formula is C11H22O4. The van der Waals surface area contributed by atoms with Gasteiger partial charge in [-0.3, -0.25) is 0 Å². The van der Waals surface area contributed by atoms with Gasteiger partial charge in [-0.25, -0.2) is 0 Å². The summed E-state index contributed by atoms with van der Waals surface area (Å²) in [5.74, 6) is 0. The quantitative estimate of drug-likeness (QED) is 0.320. The SMILES string of the molecule is CCCOCOC=CCCC(OC)OC. The maximum atomic E-state index is 5.13. The lowest BCUT2D eigenvalue weighted by Gasteiger charge is -2.10. The van der Waals surface area contributed by atoms with Crippen molar-refractivity contribution in [3.05, 3.63) is 12.3 Å². The lowest BCUT2D eigenvalue weighted by molar-refractivity contribution is -0.105. The zero-order valence-electron chi connectivity index (χ0n) is 9.90. The smallest absolute Gasteiger partial charge is 0.188 e. The van der Waals surface area contributed by atoms with Crippen molar-refractivity contribution in [2.24, 2.45) is 0 Å². The fourth-order valence-corrected chi connectivity index (χ4v) is 0.991. The maximum absolute atomic E-state index is 5.13. The predicted molar refractivity (Wildman–Crippen MR) is 58.4 cm³/mol. The van der Waals surface area contributed by atoms with E-state index in [1.54, 1.807) is 20.5 Å². The van der Waals surface area contributed by atoms with Crippen LogP contribution in [0.1, 0.15) is 26.2 Å². The van der Waals surface area contributed by atoms with Crippen LogP contribution in [0.3, 0.4) is 0 Å². The molecule has 0 rings (SSSR count). The van der Waals surface area contributed by atoms with Gasteiger partial charge in [0.05, 0.1) is 12.9 Å². The first-order valence-electron chi connectivity index (χ1n) is 5.25. The summed E-state index contributed by atoms with van der Waals surface area (Å²) < 4.78 is 20.3. The van der Waals surface area contributed by atoms with Gasteiger partial charge < -0.3 is 18.9 Å². The molecule has 15 heavy (non-hydrogen) atoms. The first-order chi connectivity index (χ1) is 7.35. The van der Waals surface area contributed by atoms with Crippen LogP contribution >= 0.6 is 0 Å². The molecular weight excluding hydrogens is 196 g/mol. The number of methoxy groups -OCH3 is 2. The molecule has 90 valence electrons. The van der Waals surface area contributed by atoms with Crippen LogP contribution in [0.5, 0.6) is 0 Å². The van der Waals surface area contributed by atoms with Gasteiger partial charge in [-0.05, 0) is 18.9 Å². The summed E-state index contributed by atoms with van der Waals surface area (Å²) in [5, 5.41) is 0. The number of allylic oxidation sites excluding steroid dienone is 1. The van der Waals surface area contributed by atoms with Crippen molar-refractivity contribution < 1.29 is 18.9 Å². The van der Waals surface area contributed by atoms with Crippen molar-refractivity contribution in [1.29, 1.82) is 0 Å². The van der Waals surface area contributed by atoms with Gasteiger partial charge in [0.2, 0.25) is 0 Å². The van der Waals surface area contributed by atoms with Crippen molar-refractivity contribution in [1.82, 2.24) is 0 Å². The van der Waals surface area contributed by atoms with Crippen LogP contribution < -0.4 is 0 Å². The zero-order valence-corrected chi connectivity index (χ0v) is 9.90. The van der Waals surface area contributed by atoms with E-state index >= 15 is 0 Å². The fraction of sp³-hybridized carbons (Fsp3) is 0.818. The molecule has 0 saturated heterocycles. The van der Waals surface area contributed by atoms with Gasteiger partial charge in [-0.1, -0.05) is 6.92 Å². The monoisotopic (exact) mass is 218 g/mol. The largest absolute Gasteiger partial charge is 0.475 e. The molecule has 0 amide bonds. The second-order valence-corrected chi connectivity index (χ2v) is 3.04. The summed E-state index contributed by atoms with van der Waals surface area (Å²) in [7, 11) is 3.26. The van der Waals surface area contributed by atoms with Crippen molar-refractivity contribution in [3.63, 3.8) is 0 Å². The molecule has 0 spiro atoms. The van der Waals surface area contributed by atoms with E-state index in [4.69, 9.17) is 18.9 Å². The zero-order chi connectivity index (χ0) is 11.4. The van der Waals surface area contributed by atoms with Gasteiger partial charge in [-0.2, -0.15) is 0 Å². The van der Waals surface area contributed by atoms with E-state index < -0.39 is 0 Å². The molecule has 0 N–H and O–H groups in total. The Labute approximate surface area is 92.2 Å². The summed E-state index contributed by atoms with van der Waals surface area (Å²) in [5.41, 5.74) is 0. The van der Waals surface area contributed by atoms with Gasteiger partial charge in [0, 0.05) is 20.6 Å². The third kappa shape index (κ3) is 9.72. The third-order valence-corrected chi connectivity index (χ3v) is 1.79. The Morgan fingerprint density at radius 1 is 1.20 bits per heavy atom. The summed E-state index contributed by atoms with van der Waals surface area (Å²) in [6, 6.07) is 0. The molecule has 0 bridgehead atoms. The Morgan fingerprint density at radius 2 is 1.93 bits per heavy atom. The summed E-state index contributed by atoms with van der Waals surface area (Å²) in [6.45, 7) is 3.12. The van der Waals surface area contributed by atoms with E-state index in [0.717, 1.165) is 25.9 Å². The van der Waals surface area contributed by atoms with Gasteiger partial charge in [-0.15, -0.1) is 0 Å². The Bertz CT molecular complexity index is 144. The Kier molecular flexibility index (Phi) is 11.1. The second-order valence-electron chi connectivity index (χ2n) is 3.04. The predicted octanol–water partition coefficient (Wildman–Crippen LogP) is 2.30. The molecule has 0 aromatic heterocycles. The third-order valence-electron chi connectivity index (χ3n) is 1.79. The van der Waals surface area contributed by atoms with Crippen molar-refractivity contribution >= 4 is 0 Å². The molecule has 0 heterocycles. The molecule has 0 aromatic rings. The number of hydrogen-bond acceptors (Lipinski definition) is 4. The highest BCUT2D eigenvalue weighted by molar-refractivity contribution is 4.73. The van der Waals surface area contributed by atoms with Crippen LogP contribution in [0, 0.1) is 0 Å². The minimum atomic E-state index is -0.133. The van der Waals surface area contributed by atoms with Gasteiger partial charge in [0.15, 0.2) is 13.1 Å². The lowest BCUT2D eigenvalue weighted by Crippen LogP contribution is -2.11. The molecule has 0 fully saturated rings. The minimum absolute atomic E-state index is 0.133. The molecule has 0 aromatic carbocycles. The molecule has 0 radical (unpaired) electrons. The first kappa shape index (κ1) is 14.4. The minimum Gasteiger partial charge on any atom is -0.475 e. The molecule has 0 atom stereocenters. The fourth-order valence-electron chi connectivity index (χ4n) is 0.991. The topological polar surface area (TPSA) is 36.9 Å². The van der Waals surface area contributed by atoms with E-state index in [0.29, 0.717) is 6.79 Å². The van der Waals surface area contributed by atoms with Crippen molar-refractivity contribution in [2.45, 2.75) is 32.5 Å². The number of rotatable bonds is 10. The highest BCUT2D eigenvalue weighted by Gasteiger charge is 2.01. The standard InChI is InChI=1S/C11H22O4/c1-4-8-14-10-15-9-6-5-7-11(12-2)13-3/h6,9,11H,4-5,7-8,10H2,1-3H3. The van der Waals surface area contributed by atoms with Crippen LogP contribution in [-0.4, -0.2) is 33.9 Å². The lowest BCUT2D eigenvalue weighted by atomic mass is 10.3. The van der Waals surface area contributed by atoms with E-state index in [2.05, 4.69) is 6.92 Å². The molecule has 4 nitrogen and oxygen atoms in total. The molecule has 0 aliphatic carbocycles. The maximum Gasteiger partial charge on any atom is 0.188 e. The van der Waals surface area contributed by atoms with E-state index in [-0.39, 0.29) is 6.29 Å². The Morgan fingerprint density at radius 3 is 2.53 bits per heavy atom. The summed E-state index contributed by atoms with van der Waals surface area (Å²) in [6.07, 6.45) is 6.14. The Hall–Kier alpha value is -0.580. The molecule has 0 aliphatic heterocycles. The highest BCUT2D eigenvalue weighted by Crippen LogP contribution is 2.02. The number of ether oxygens (including phenoxy) is 4. The van der Waals surface area contributed by atoms with Gasteiger partial charge in [0.25, 0.3) is 0 Å². The van der Waals surface area contributed by atoms with E-state index in [9.17, 15) is 0 Å². The second kappa shape index (κ2) is 11.5. The van der Waals surface area contributed by atoms with E-state index in [1.807, 2.05) is 6.08 Å². The van der Waals surface area contributed by atoms with Crippen LogP contribution in [-0.2, 0) is 18.9 Å². The highest BCUT2D eigenvalue weighted by atomic mass is 16.7. The van der Waals surface area contributed by atoms with Crippen LogP contribution in [0.4, 0.5) is 0 Å². The molecule has 0 saturated carbocycles. The van der Waals surface area contributed by atoms with Crippen molar-refractivity contribution in [2.75, 3.05) is 27.6 Å². The molecule has 0 unspecified atom stereocenters. The molecule has 4 heteroatoms. The van der Waals surface area contributed by atoms with Gasteiger partial charge >= 0.3 is 0 Å². The first-order valence-corrected chi connectivity index (χ1v) is 5.25. The van der Waals surface area contributed by atoms with Crippen LogP contribution in [0.25, 0.3) is 0 Å². The Balaban J connectivity index is 3.23. The van der Waals surface area contributed by atoms with E-state index in [1.165, 1.54) is 0 Å². The average molecular weight is 218 g/mol. The summed E-state index contributed by atoms with van der Waals surface area (Å²) in [4.78, 5) is 0. The van der Waals surface area contributed by atoms with Crippen LogP contribution in [0.2, 0.25) is 0 Å². The van der Waals surface area contributed by atoms with Crippen molar-refractivity contribution in [3.8, 4) is 0 Å². The van der Waals surface area contributed by atoms with Crippen LogP contribution in [0.15, 0.2) is 12.3 Å².